The monoisotopic (exact) mass is 1150 g/mol. The molecule has 18 rings (SSSR count). The average molecular weight is 1150 g/mol. The zero-order chi connectivity index (χ0) is 63.4. The third-order valence-electron chi connectivity index (χ3n) is 17.8. The van der Waals surface area contributed by atoms with Crippen LogP contribution in [0.5, 0.6) is 11.5 Å². The molecular formula is C82H54N4O3. The Balaban J connectivity index is 0.914. The molecule has 0 bridgehead atoms. The first kappa shape index (κ1) is 45.8. The van der Waals surface area contributed by atoms with Crippen LogP contribution in [0.2, 0.25) is 0 Å². The highest BCUT2D eigenvalue weighted by Gasteiger charge is 2.30. The number of fused-ring (bicyclic) bond motifs is 16. The van der Waals surface area contributed by atoms with Gasteiger partial charge in [0.15, 0.2) is 0 Å². The number of hydrogen-bond donors (Lipinski definition) is 0. The van der Waals surface area contributed by atoms with Gasteiger partial charge in [-0.05, 0) is 169 Å². The summed E-state index contributed by atoms with van der Waals surface area (Å²) in [5.74, 6) is 2.11. The Labute approximate surface area is 519 Å². The van der Waals surface area contributed by atoms with Crippen molar-refractivity contribution in [2.75, 3.05) is 0 Å². The van der Waals surface area contributed by atoms with Gasteiger partial charge in [-0.15, -0.1) is 0 Å². The van der Waals surface area contributed by atoms with Gasteiger partial charge in [0.25, 0.3) is 6.33 Å². The van der Waals surface area contributed by atoms with E-state index in [2.05, 4.69) is 186 Å². The summed E-state index contributed by atoms with van der Waals surface area (Å²) in [6, 6.07) is 79.3. The number of rotatable bonds is 7. The molecule has 0 amide bonds. The minimum Gasteiger partial charge on any atom is -0.458 e. The van der Waals surface area contributed by atoms with Gasteiger partial charge in [-0.3, -0.25) is 13.7 Å². The van der Waals surface area contributed by atoms with E-state index in [1.807, 2.05) is 97.2 Å². The van der Waals surface area contributed by atoms with E-state index >= 15 is 0 Å². The number of pyridine rings is 1. The minimum absolute atomic E-state index is 0.0861. The van der Waals surface area contributed by atoms with E-state index in [9.17, 15) is 2.74 Å². The smallest absolute Gasteiger partial charge is 0.269 e. The van der Waals surface area contributed by atoms with Crippen LogP contribution in [0.15, 0.2) is 282 Å². The summed E-state index contributed by atoms with van der Waals surface area (Å²) < 4.78 is 72.1. The zero-order valence-electron chi connectivity index (χ0n) is 53.6. The lowest BCUT2D eigenvalue weighted by atomic mass is 9.83. The quantitative estimate of drug-likeness (QED) is 0.118. The number of hydrogen-bond acceptors (Lipinski definition) is 4. The molecule has 5 aromatic heterocycles. The Morgan fingerprint density at radius 1 is 0.438 bits per heavy atom. The molecule has 0 radical (unpaired) electrons. The molecule has 420 valence electrons. The number of ether oxygens (including phenoxy) is 1. The molecule has 0 aliphatic carbocycles. The number of aromatic nitrogens is 4. The van der Waals surface area contributed by atoms with Crippen LogP contribution in [0.25, 0.3) is 161 Å². The average Bonchev–Trinajstić information content (AvgIpc) is 0.926. The van der Waals surface area contributed by atoms with Gasteiger partial charge >= 0.3 is 0 Å². The van der Waals surface area contributed by atoms with Crippen molar-refractivity contribution in [3.63, 3.8) is 0 Å². The number of furan rings is 2. The van der Waals surface area contributed by atoms with E-state index in [0.29, 0.717) is 22.6 Å². The Bertz CT molecular complexity index is 6080. The maximum absolute atomic E-state index is 9.50. The van der Waals surface area contributed by atoms with Gasteiger partial charge in [-0.1, -0.05) is 191 Å². The summed E-state index contributed by atoms with van der Waals surface area (Å²) in [4.78, 5) is 4.95. The Morgan fingerprint density at radius 3 is 1.85 bits per heavy atom. The molecular weight excluding hydrogens is 1090 g/mol. The third kappa shape index (κ3) is 8.05. The summed E-state index contributed by atoms with van der Waals surface area (Å²) in [5.41, 5.74) is 18.7. The lowest BCUT2D eigenvalue weighted by Crippen LogP contribution is -2.32. The second kappa shape index (κ2) is 19.5. The predicted molar refractivity (Wildman–Crippen MR) is 362 cm³/mol. The fourth-order valence-electron chi connectivity index (χ4n) is 13.7. The highest BCUT2D eigenvalue weighted by molar-refractivity contribution is 6.12. The topological polar surface area (TPSA) is 62.1 Å². The Kier molecular flexibility index (Phi) is 10.0. The van der Waals surface area contributed by atoms with Crippen molar-refractivity contribution in [2.24, 2.45) is 0 Å². The largest absolute Gasteiger partial charge is 0.458 e. The first-order valence-corrected chi connectivity index (χ1v) is 29.9. The van der Waals surface area contributed by atoms with Crippen molar-refractivity contribution in [1.29, 1.82) is 0 Å². The second-order valence-electron chi connectivity index (χ2n) is 24.0. The first-order valence-electron chi connectivity index (χ1n) is 32.4. The molecule has 1 aliphatic heterocycles. The van der Waals surface area contributed by atoms with Crippen LogP contribution in [0, 0.1) is 6.33 Å². The molecule has 6 heterocycles. The molecule has 0 atom stereocenters. The summed E-state index contributed by atoms with van der Waals surface area (Å²) in [7, 11) is 0. The molecule has 89 heavy (non-hydrogen) atoms. The van der Waals surface area contributed by atoms with Crippen LogP contribution >= 0.6 is 0 Å². The summed E-state index contributed by atoms with van der Waals surface area (Å²) in [6.07, 6.45) is 5.92. The van der Waals surface area contributed by atoms with Crippen LogP contribution in [-0.4, -0.2) is 14.1 Å². The van der Waals surface area contributed by atoms with Crippen LogP contribution in [-0.2, 0) is 5.41 Å². The van der Waals surface area contributed by atoms with Gasteiger partial charge in [0, 0.05) is 44.6 Å². The zero-order valence-corrected chi connectivity index (χ0v) is 48.6. The van der Waals surface area contributed by atoms with Gasteiger partial charge in [0.05, 0.1) is 40.3 Å². The van der Waals surface area contributed by atoms with Gasteiger partial charge < -0.3 is 13.6 Å². The molecule has 12 aromatic carbocycles. The fourth-order valence-corrected chi connectivity index (χ4v) is 13.7. The fraction of sp³-hybridized carbons (Fsp3) is 0.0488. The van der Waals surface area contributed by atoms with E-state index in [1.54, 1.807) is 0 Å². The summed E-state index contributed by atoms with van der Waals surface area (Å²) in [6.45, 7) is 6.66. The van der Waals surface area contributed by atoms with Gasteiger partial charge in [0.1, 0.15) is 39.6 Å². The van der Waals surface area contributed by atoms with Gasteiger partial charge in [-0.2, -0.15) is 0 Å². The molecule has 17 aromatic rings. The maximum atomic E-state index is 9.50. The third-order valence-corrected chi connectivity index (χ3v) is 17.8. The van der Waals surface area contributed by atoms with E-state index in [4.69, 9.17) is 22.7 Å². The van der Waals surface area contributed by atoms with Crippen molar-refractivity contribution in [3.05, 3.63) is 285 Å². The van der Waals surface area contributed by atoms with Gasteiger partial charge in [0.2, 0.25) is 0 Å². The van der Waals surface area contributed by atoms with E-state index < -0.39 is 18.1 Å². The molecule has 7 heteroatoms. The minimum atomic E-state index is -0.453. The number of nitrogens with zero attached hydrogens (tertiary/aromatic N) is 4. The molecule has 7 nitrogen and oxygen atoms in total. The molecule has 0 saturated heterocycles. The number of imidazole rings is 1. The Hall–Kier alpha value is -11.5. The lowest BCUT2D eigenvalue weighted by Gasteiger charge is -2.21. The van der Waals surface area contributed by atoms with E-state index in [-0.39, 0.29) is 23.1 Å². The molecule has 0 unspecified atom stereocenters. The first-order chi connectivity index (χ1) is 45.8. The molecule has 1 aliphatic rings. The number of para-hydroxylation sites is 4. The molecule has 0 spiro atoms. The number of benzene rings is 12. The van der Waals surface area contributed by atoms with Crippen LogP contribution < -0.4 is 9.30 Å². The standard InChI is InChI=1S/C82H54N4O3/c1-82(2,3)54-40-41-83-78(46-54)86-71-31-12-9-23-61(71)62-37-36-57(48-72(62)86)87-56-21-15-20-55(47-56)84-49-85-80-59(52-35-39-77-69(43-52)64-25-11-14-33-75(64)89-77)28-17-30-67(80)66-29-16-27-58(50-18-5-4-6-19-50)79(66)65-26-8-7-22-60(65)70-44-53(45-73(84)81(70)85)51-34-38-76-68(42-51)63-24-10-13-32-74(63)88-76/h4-48H,1-3H3/i4D,5D,6D,18D,19D. The van der Waals surface area contributed by atoms with E-state index in [0.717, 1.165) is 144 Å². The van der Waals surface area contributed by atoms with Crippen molar-refractivity contribution in [1.82, 2.24) is 14.1 Å². The van der Waals surface area contributed by atoms with Crippen molar-refractivity contribution < 1.29 is 25.0 Å². The normalized spacial score (nSPS) is 13.0. The van der Waals surface area contributed by atoms with Crippen molar-refractivity contribution in [2.45, 2.75) is 26.2 Å². The highest BCUT2D eigenvalue weighted by Crippen LogP contribution is 2.50. The predicted octanol–water partition coefficient (Wildman–Crippen LogP) is 21.4. The van der Waals surface area contributed by atoms with Gasteiger partial charge in [-0.25, -0.2) is 4.98 Å². The van der Waals surface area contributed by atoms with Crippen molar-refractivity contribution >= 4 is 76.7 Å². The maximum Gasteiger partial charge on any atom is 0.269 e. The summed E-state index contributed by atoms with van der Waals surface area (Å²) >= 11 is 0. The highest BCUT2D eigenvalue weighted by atomic mass is 16.5. The Morgan fingerprint density at radius 2 is 1.07 bits per heavy atom. The molecule has 0 N–H and O–H groups in total. The lowest BCUT2D eigenvalue weighted by molar-refractivity contribution is -0.570. The second-order valence-corrected chi connectivity index (χ2v) is 24.0. The molecule has 0 fully saturated rings. The van der Waals surface area contributed by atoms with Crippen LogP contribution in [0.4, 0.5) is 0 Å². The van der Waals surface area contributed by atoms with Crippen molar-refractivity contribution in [3.8, 4) is 95.5 Å². The van der Waals surface area contributed by atoms with E-state index in [1.165, 1.54) is 5.56 Å². The summed E-state index contributed by atoms with van der Waals surface area (Å²) in [5, 5.41) is 6.18. The van der Waals surface area contributed by atoms with Crippen LogP contribution in [0.1, 0.15) is 33.2 Å². The van der Waals surface area contributed by atoms with Crippen LogP contribution in [0.3, 0.4) is 0 Å². The SMILES string of the molecule is [2H]c1c([2H])c([2H])c(-c2cccc3c2-c2ccccc2-c2cc(-c4ccc5oc6ccccc6c5c4)cc4c2[n+]([c-]n4-c2cccc(Oc4ccc5c6ccccc6n(-c6cc(C(C)(C)C)ccn6)c5c4)c2)-c2c(-c4ccc5oc6ccccc6c5c4)cccc2-3)c([2H])c1[2H]. The molecule has 0 saturated carbocycles.